The maximum Gasteiger partial charge on any atom is -0.0287 e. The lowest BCUT2D eigenvalue weighted by molar-refractivity contribution is 0.659. The molecule has 61 valence electrons. The van der Waals surface area contributed by atoms with Gasteiger partial charge in [0.05, 0.1) is 0 Å². The first kappa shape index (κ1) is 10.4. The smallest absolute Gasteiger partial charge is 0.0287 e. The average molecular weight is 159 g/mol. The summed E-state index contributed by atoms with van der Waals surface area (Å²) in [7, 11) is 1.65. The first-order chi connectivity index (χ1) is 4.91. The van der Waals surface area contributed by atoms with Crippen LogP contribution in [0.15, 0.2) is 0 Å². The molecule has 0 aromatic heterocycles. The lowest BCUT2D eigenvalue weighted by Crippen LogP contribution is -1.79. The second-order valence-corrected chi connectivity index (χ2v) is 4.20. The van der Waals surface area contributed by atoms with Crippen LogP contribution in [-0.4, -0.2) is 12.3 Å². The standard InChI is InChI=1S/C9H20P/c1-3-5-6-7-8-9-10-4-2/h3-9H2,1-2H3. The summed E-state index contributed by atoms with van der Waals surface area (Å²) in [4.78, 5) is 0. The third-order valence-corrected chi connectivity index (χ3v) is 2.72. The van der Waals surface area contributed by atoms with Crippen LogP contribution in [0.3, 0.4) is 0 Å². The van der Waals surface area contributed by atoms with Crippen molar-refractivity contribution in [3.05, 3.63) is 0 Å². The molecular weight excluding hydrogens is 139 g/mol. The molecule has 0 unspecified atom stereocenters. The van der Waals surface area contributed by atoms with Crippen molar-refractivity contribution in [3.63, 3.8) is 0 Å². The number of hydrogen-bond acceptors (Lipinski definition) is 0. The van der Waals surface area contributed by atoms with E-state index in [0.29, 0.717) is 0 Å². The molecule has 1 heteroatoms. The fourth-order valence-corrected chi connectivity index (χ4v) is 1.75. The molecule has 0 rings (SSSR count). The van der Waals surface area contributed by atoms with E-state index in [1.807, 2.05) is 0 Å². The van der Waals surface area contributed by atoms with Crippen LogP contribution in [-0.2, 0) is 0 Å². The van der Waals surface area contributed by atoms with Crippen LogP contribution in [0.1, 0.15) is 46.0 Å². The highest BCUT2D eigenvalue weighted by atomic mass is 31.1. The van der Waals surface area contributed by atoms with Crippen LogP contribution in [0.25, 0.3) is 0 Å². The van der Waals surface area contributed by atoms with Gasteiger partial charge in [0.25, 0.3) is 0 Å². The summed E-state index contributed by atoms with van der Waals surface area (Å²) in [5.74, 6) is 0. The van der Waals surface area contributed by atoms with Crippen molar-refractivity contribution in [2.75, 3.05) is 12.3 Å². The Kier molecular flexibility index (Phi) is 9.84. The normalized spacial score (nSPS) is 11.4. The monoisotopic (exact) mass is 159 g/mol. The molecule has 0 aromatic carbocycles. The minimum absolute atomic E-state index is 1.34. The van der Waals surface area contributed by atoms with Crippen LogP contribution in [0.5, 0.6) is 0 Å². The Morgan fingerprint density at radius 3 is 2.20 bits per heavy atom. The van der Waals surface area contributed by atoms with Crippen molar-refractivity contribution >= 4 is 8.58 Å². The third kappa shape index (κ3) is 8.43. The molecule has 0 heterocycles. The molecule has 0 saturated carbocycles. The van der Waals surface area contributed by atoms with Gasteiger partial charge in [-0.05, 0) is 18.7 Å². The minimum Gasteiger partial charge on any atom is -0.0813 e. The average Bonchev–Trinajstić information content (AvgIpc) is 1.97. The van der Waals surface area contributed by atoms with E-state index in [-0.39, 0.29) is 0 Å². The van der Waals surface area contributed by atoms with Gasteiger partial charge in [0.15, 0.2) is 0 Å². The van der Waals surface area contributed by atoms with Gasteiger partial charge in [0.2, 0.25) is 0 Å². The quantitative estimate of drug-likeness (QED) is 0.390. The highest BCUT2D eigenvalue weighted by molar-refractivity contribution is 7.37. The molecule has 0 fully saturated rings. The second kappa shape index (κ2) is 9.43. The third-order valence-electron chi connectivity index (χ3n) is 1.64. The summed E-state index contributed by atoms with van der Waals surface area (Å²) in [6.45, 7) is 4.53. The topological polar surface area (TPSA) is 0 Å². The molecule has 0 N–H and O–H groups in total. The fraction of sp³-hybridized carbons (Fsp3) is 1.00. The molecule has 0 saturated heterocycles. The molecule has 0 atom stereocenters. The molecule has 0 aliphatic carbocycles. The van der Waals surface area contributed by atoms with Gasteiger partial charge in [-0.1, -0.05) is 48.1 Å². The molecule has 10 heavy (non-hydrogen) atoms. The van der Waals surface area contributed by atoms with Crippen LogP contribution >= 0.6 is 8.58 Å². The first-order valence-electron chi connectivity index (χ1n) is 4.55. The molecule has 0 aliphatic heterocycles. The van der Waals surface area contributed by atoms with E-state index in [1.54, 1.807) is 8.58 Å². The van der Waals surface area contributed by atoms with Crippen molar-refractivity contribution < 1.29 is 0 Å². The van der Waals surface area contributed by atoms with Crippen molar-refractivity contribution in [1.29, 1.82) is 0 Å². The summed E-state index contributed by atoms with van der Waals surface area (Å²) < 4.78 is 0. The molecule has 0 spiro atoms. The molecular formula is C9H20P. The zero-order chi connectivity index (χ0) is 7.66. The summed E-state index contributed by atoms with van der Waals surface area (Å²) >= 11 is 0. The van der Waals surface area contributed by atoms with Crippen LogP contribution < -0.4 is 0 Å². The molecule has 0 nitrogen and oxygen atoms in total. The maximum atomic E-state index is 2.27. The molecule has 0 aromatic rings. The molecule has 0 amide bonds. The Morgan fingerprint density at radius 1 is 0.900 bits per heavy atom. The Balaban J connectivity index is 2.65. The number of rotatable bonds is 7. The van der Waals surface area contributed by atoms with E-state index < -0.39 is 0 Å². The predicted molar refractivity (Wildman–Crippen MR) is 51.1 cm³/mol. The molecule has 0 bridgehead atoms. The van der Waals surface area contributed by atoms with Crippen LogP contribution in [0, 0.1) is 0 Å². The van der Waals surface area contributed by atoms with Gasteiger partial charge in [-0.3, -0.25) is 0 Å². The number of unbranched alkanes of at least 4 members (excludes halogenated alkanes) is 4. The van der Waals surface area contributed by atoms with E-state index >= 15 is 0 Å². The van der Waals surface area contributed by atoms with Gasteiger partial charge < -0.3 is 0 Å². The first-order valence-corrected chi connectivity index (χ1v) is 5.81. The SMILES string of the molecule is CCCCCCC[P]CC. The summed E-state index contributed by atoms with van der Waals surface area (Å²) in [6.07, 6.45) is 9.94. The van der Waals surface area contributed by atoms with Crippen molar-refractivity contribution in [1.82, 2.24) is 0 Å². The fourth-order valence-electron chi connectivity index (χ4n) is 0.985. The van der Waals surface area contributed by atoms with Gasteiger partial charge in [0.1, 0.15) is 0 Å². The van der Waals surface area contributed by atoms with Crippen molar-refractivity contribution in [2.45, 2.75) is 46.0 Å². The predicted octanol–water partition coefficient (Wildman–Crippen LogP) is 3.92. The van der Waals surface area contributed by atoms with Crippen LogP contribution in [0.2, 0.25) is 0 Å². The Bertz CT molecular complexity index is 44.7. The van der Waals surface area contributed by atoms with Gasteiger partial charge >= 0.3 is 0 Å². The zero-order valence-electron chi connectivity index (χ0n) is 7.40. The van der Waals surface area contributed by atoms with Crippen molar-refractivity contribution in [2.24, 2.45) is 0 Å². The van der Waals surface area contributed by atoms with E-state index in [2.05, 4.69) is 13.8 Å². The van der Waals surface area contributed by atoms with E-state index in [9.17, 15) is 0 Å². The largest absolute Gasteiger partial charge is 0.0813 e. The van der Waals surface area contributed by atoms with E-state index in [4.69, 9.17) is 0 Å². The lowest BCUT2D eigenvalue weighted by atomic mass is 10.2. The number of hydrogen-bond donors (Lipinski definition) is 0. The Hall–Kier alpha value is 0.430. The Morgan fingerprint density at radius 2 is 1.60 bits per heavy atom. The van der Waals surface area contributed by atoms with Gasteiger partial charge in [-0.2, -0.15) is 0 Å². The maximum absolute atomic E-state index is 2.27. The lowest BCUT2D eigenvalue weighted by Gasteiger charge is -1.97. The van der Waals surface area contributed by atoms with Gasteiger partial charge in [0, 0.05) is 0 Å². The molecule has 1 radical (unpaired) electrons. The molecule has 0 aliphatic rings. The van der Waals surface area contributed by atoms with E-state index in [0.717, 1.165) is 0 Å². The van der Waals surface area contributed by atoms with Gasteiger partial charge in [-0.15, -0.1) is 0 Å². The highest BCUT2D eigenvalue weighted by Gasteiger charge is 1.87. The van der Waals surface area contributed by atoms with Crippen molar-refractivity contribution in [3.8, 4) is 0 Å². The van der Waals surface area contributed by atoms with Crippen LogP contribution in [0.4, 0.5) is 0 Å². The second-order valence-electron chi connectivity index (χ2n) is 2.68. The summed E-state index contributed by atoms with van der Waals surface area (Å²) in [5, 5.41) is 0. The summed E-state index contributed by atoms with van der Waals surface area (Å²) in [5.41, 5.74) is 0. The highest BCUT2D eigenvalue weighted by Crippen LogP contribution is 2.12. The van der Waals surface area contributed by atoms with Gasteiger partial charge in [-0.25, -0.2) is 0 Å². The Labute approximate surface area is 67.6 Å². The minimum atomic E-state index is 1.34. The zero-order valence-corrected chi connectivity index (χ0v) is 8.29. The summed E-state index contributed by atoms with van der Waals surface area (Å²) in [6, 6.07) is 0. The van der Waals surface area contributed by atoms with E-state index in [1.165, 1.54) is 44.4 Å².